The molecule has 0 atom stereocenters. The number of carboxylic acid groups (broad SMARTS) is 1. The Kier molecular flexibility index (Phi) is 3.24. The summed E-state index contributed by atoms with van der Waals surface area (Å²) in [5.41, 5.74) is -0.400. The fraction of sp³-hybridized carbons (Fsp3) is 0.250. The van der Waals surface area contributed by atoms with Crippen molar-refractivity contribution in [3.05, 3.63) is 17.1 Å². The van der Waals surface area contributed by atoms with Gasteiger partial charge in [0.05, 0.1) is 0 Å². The molecule has 102 valence electrons. The van der Waals surface area contributed by atoms with Crippen LogP contribution in [0.3, 0.4) is 0 Å². The van der Waals surface area contributed by atoms with Gasteiger partial charge in [0, 0.05) is 11.5 Å². The van der Waals surface area contributed by atoms with Crippen molar-refractivity contribution in [1.29, 1.82) is 0 Å². The second kappa shape index (κ2) is 4.59. The van der Waals surface area contributed by atoms with Gasteiger partial charge in [-0.15, -0.1) is 0 Å². The highest BCUT2D eigenvalue weighted by Crippen LogP contribution is 2.28. The lowest BCUT2D eigenvalue weighted by Crippen LogP contribution is -2.16. The first-order valence-electron chi connectivity index (χ1n) is 4.84. The SMILES string of the molecule is Cc1oc(C)c(S(=O)(=O)Nc2nnns2)c1C(=O)O. The third-order valence-corrected chi connectivity index (χ3v) is 4.34. The number of sulfonamides is 1. The molecule has 11 heteroatoms. The molecule has 0 bridgehead atoms. The Bertz CT molecular complexity index is 719. The highest BCUT2D eigenvalue weighted by atomic mass is 32.2. The summed E-state index contributed by atoms with van der Waals surface area (Å²) in [6.07, 6.45) is 0. The first-order chi connectivity index (χ1) is 8.83. The fourth-order valence-electron chi connectivity index (χ4n) is 1.57. The number of aryl methyl sites for hydroxylation is 2. The summed E-state index contributed by atoms with van der Waals surface area (Å²) < 4.78 is 34.8. The maximum Gasteiger partial charge on any atom is 0.340 e. The van der Waals surface area contributed by atoms with Crippen molar-refractivity contribution in [2.75, 3.05) is 4.72 Å². The molecule has 0 spiro atoms. The Morgan fingerprint density at radius 1 is 1.37 bits per heavy atom. The van der Waals surface area contributed by atoms with Gasteiger partial charge in [-0.1, -0.05) is 9.59 Å². The molecule has 2 aromatic heterocycles. The minimum absolute atomic E-state index is 0.0140. The standard InChI is InChI=1S/C8H8N4O5S2/c1-3-5(7(13)14)6(4(2)17-3)19(15,16)10-8-9-11-12-18-8/h1-2H3,(H,13,14)(H,9,10,12). The first-order valence-corrected chi connectivity index (χ1v) is 7.09. The molecular weight excluding hydrogens is 296 g/mol. The summed E-state index contributed by atoms with van der Waals surface area (Å²) >= 11 is 0.731. The van der Waals surface area contributed by atoms with Crippen LogP contribution < -0.4 is 4.72 Å². The number of nitrogens with one attached hydrogen (secondary N) is 1. The van der Waals surface area contributed by atoms with Gasteiger partial charge in [-0.3, -0.25) is 4.72 Å². The van der Waals surface area contributed by atoms with Crippen LogP contribution in [-0.2, 0) is 10.0 Å². The highest BCUT2D eigenvalue weighted by molar-refractivity contribution is 7.93. The molecule has 9 nitrogen and oxygen atoms in total. The zero-order valence-electron chi connectivity index (χ0n) is 9.74. The van der Waals surface area contributed by atoms with Crippen molar-refractivity contribution < 1.29 is 22.7 Å². The van der Waals surface area contributed by atoms with E-state index in [1.165, 1.54) is 13.8 Å². The van der Waals surface area contributed by atoms with E-state index in [1.54, 1.807) is 0 Å². The normalized spacial score (nSPS) is 11.5. The van der Waals surface area contributed by atoms with E-state index < -0.39 is 26.5 Å². The summed E-state index contributed by atoms with van der Waals surface area (Å²) in [4.78, 5) is 10.7. The average Bonchev–Trinajstić information content (AvgIpc) is 2.85. The number of hydrogen-bond donors (Lipinski definition) is 2. The minimum atomic E-state index is -4.13. The molecule has 2 rings (SSSR count). The molecule has 0 saturated carbocycles. The van der Waals surface area contributed by atoms with Gasteiger partial charge in [-0.05, 0) is 19.1 Å². The van der Waals surface area contributed by atoms with Gasteiger partial charge in [0.2, 0.25) is 5.13 Å². The second-order valence-electron chi connectivity index (χ2n) is 3.50. The van der Waals surface area contributed by atoms with Crippen molar-refractivity contribution in [3.8, 4) is 0 Å². The van der Waals surface area contributed by atoms with E-state index >= 15 is 0 Å². The molecular formula is C8H8N4O5S2. The van der Waals surface area contributed by atoms with Gasteiger partial charge in [0.15, 0.2) is 0 Å². The maximum atomic E-state index is 12.1. The number of rotatable bonds is 4. The molecule has 0 aliphatic heterocycles. The van der Waals surface area contributed by atoms with Crippen molar-refractivity contribution in [1.82, 2.24) is 14.8 Å². The summed E-state index contributed by atoms with van der Waals surface area (Å²) in [5, 5.41) is 15.7. The average molecular weight is 304 g/mol. The number of aromatic carboxylic acids is 1. The summed E-state index contributed by atoms with van der Waals surface area (Å²) in [6.45, 7) is 2.74. The van der Waals surface area contributed by atoms with Crippen molar-refractivity contribution in [2.24, 2.45) is 0 Å². The molecule has 0 aliphatic rings. The van der Waals surface area contributed by atoms with Crippen LogP contribution in [0.1, 0.15) is 21.9 Å². The zero-order valence-corrected chi connectivity index (χ0v) is 11.4. The molecule has 0 fully saturated rings. The highest BCUT2D eigenvalue weighted by Gasteiger charge is 2.31. The number of nitrogens with zero attached hydrogens (tertiary/aromatic N) is 3. The first kappa shape index (κ1) is 13.4. The lowest BCUT2D eigenvalue weighted by molar-refractivity contribution is 0.0691. The van der Waals surface area contributed by atoms with Crippen LogP contribution in [0.5, 0.6) is 0 Å². The number of aromatic nitrogens is 3. The van der Waals surface area contributed by atoms with E-state index in [-0.39, 0.29) is 16.7 Å². The molecule has 0 unspecified atom stereocenters. The van der Waals surface area contributed by atoms with Crippen LogP contribution in [0.4, 0.5) is 5.13 Å². The Labute approximate surface area is 111 Å². The van der Waals surface area contributed by atoms with Crippen LogP contribution in [0.15, 0.2) is 9.31 Å². The number of anilines is 1. The van der Waals surface area contributed by atoms with Crippen LogP contribution in [0.25, 0.3) is 0 Å². The van der Waals surface area contributed by atoms with E-state index in [0.29, 0.717) is 0 Å². The Balaban J connectivity index is 2.55. The summed E-state index contributed by atoms with van der Waals surface area (Å²) in [7, 11) is -4.13. The number of carboxylic acids is 1. The molecule has 2 N–H and O–H groups in total. The Morgan fingerprint density at radius 2 is 2.05 bits per heavy atom. The van der Waals surface area contributed by atoms with E-state index in [9.17, 15) is 13.2 Å². The van der Waals surface area contributed by atoms with E-state index in [2.05, 4.69) is 19.5 Å². The molecule has 2 aromatic rings. The monoisotopic (exact) mass is 304 g/mol. The zero-order chi connectivity index (χ0) is 14.2. The summed E-state index contributed by atoms with van der Waals surface area (Å²) in [5.74, 6) is -1.38. The molecule has 0 saturated heterocycles. The van der Waals surface area contributed by atoms with Crippen LogP contribution in [0, 0.1) is 13.8 Å². The molecule has 0 aliphatic carbocycles. The van der Waals surface area contributed by atoms with Gasteiger partial charge in [0.1, 0.15) is 22.0 Å². The molecule has 0 amide bonds. The van der Waals surface area contributed by atoms with Crippen molar-refractivity contribution in [3.63, 3.8) is 0 Å². The third kappa shape index (κ3) is 2.42. The fourth-order valence-corrected chi connectivity index (χ4v) is 3.57. The Hall–Kier alpha value is -2.01. The van der Waals surface area contributed by atoms with Gasteiger partial charge < -0.3 is 9.52 Å². The van der Waals surface area contributed by atoms with Crippen LogP contribution >= 0.6 is 11.5 Å². The van der Waals surface area contributed by atoms with Gasteiger partial charge in [-0.2, -0.15) is 0 Å². The van der Waals surface area contributed by atoms with E-state index in [1.807, 2.05) is 0 Å². The molecule has 0 radical (unpaired) electrons. The Morgan fingerprint density at radius 3 is 2.58 bits per heavy atom. The number of hydrogen-bond acceptors (Lipinski definition) is 8. The second-order valence-corrected chi connectivity index (χ2v) is 5.85. The van der Waals surface area contributed by atoms with Crippen LogP contribution in [-0.4, -0.2) is 34.3 Å². The predicted molar refractivity (Wildman–Crippen MR) is 63.7 cm³/mol. The predicted octanol–water partition coefficient (Wildman–Crippen LogP) is 0.642. The maximum absolute atomic E-state index is 12.1. The third-order valence-electron chi connectivity index (χ3n) is 2.21. The van der Waals surface area contributed by atoms with Crippen molar-refractivity contribution in [2.45, 2.75) is 18.7 Å². The lowest BCUT2D eigenvalue weighted by Gasteiger charge is -2.04. The molecule has 19 heavy (non-hydrogen) atoms. The van der Waals surface area contributed by atoms with Crippen LogP contribution in [0.2, 0.25) is 0 Å². The number of carbonyl (C=O) groups is 1. The largest absolute Gasteiger partial charge is 0.478 e. The minimum Gasteiger partial charge on any atom is -0.478 e. The number of furan rings is 1. The van der Waals surface area contributed by atoms with E-state index in [4.69, 9.17) is 9.52 Å². The van der Waals surface area contributed by atoms with Gasteiger partial charge in [-0.25, -0.2) is 13.2 Å². The van der Waals surface area contributed by atoms with Gasteiger partial charge in [0.25, 0.3) is 10.0 Å². The topological polar surface area (TPSA) is 135 Å². The summed E-state index contributed by atoms with van der Waals surface area (Å²) in [6, 6.07) is 0. The molecule has 0 aromatic carbocycles. The van der Waals surface area contributed by atoms with Gasteiger partial charge >= 0.3 is 5.97 Å². The quantitative estimate of drug-likeness (QED) is 0.840. The van der Waals surface area contributed by atoms with Crippen molar-refractivity contribution >= 4 is 32.7 Å². The molecule has 2 heterocycles. The smallest absolute Gasteiger partial charge is 0.340 e. The van der Waals surface area contributed by atoms with E-state index in [0.717, 1.165) is 11.5 Å². The lowest BCUT2D eigenvalue weighted by atomic mass is 10.2.